The van der Waals surface area contributed by atoms with E-state index in [2.05, 4.69) is 21.2 Å². The second-order valence-electron chi connectivity index (χ2n) is 8.75. The molecule has 0 bridgehead atoms. The Morgan fingerprint density at radius 3 is 2.56 bits per heavy atom. The Morgan fingerprint density at radius 2 is 1.72 bits per heavy atom. The van der Waals surface area contributed by atoms with Crippen LogP contribution in [0.15, 0.2) is 77.3 Å². The normalized spacial score (nSPS) is 28.5. The molecule has 3 heterocycles. The number of anilines is 1. The zero-order valence-electron chi connectivity index (χ0n) is 17.5. The number of likely N-dealkylation sites (N-methyl/N-ethyl adjacent to an activating group) is 1. The molecule has 0 saturated carbocycles. The van der Waals surface area contributed by atoms with Crippen molar-refractivity contribution in [2.45, 2.75) is 11.5 Å². The SMILES string of the molecule is CN1CC(c2ccccc2Br)C2(COc3ccccc3C2=O)C12C(=O)Nc1ccccc12. The zero-order valence-corrected chi connectivity index (χ0v) is 19.1. The second kappa shape index (κ2) is 6.77. The van der Waals surface area contributed by atoms with E-state index in [9.17, 15) is 9.59 Å². The number of ether oxygens (including phenoxy) is 1. The fourth-order valence-electron chi connectivity index (χ4n) is 6.15. The van der Waals surface area contributed by atoms with Gasteiger partial charge in [0.2, 0.25) is 0 Å². The number of benzene rings is 3. The summed E-state index contributed by atoms with van der Waals surface area (Å²) in [6.45, 7) is 0.669. The van der Waals surface area contributed by atoms with Crippen molar-refractivity contribution in [3.05, 3.63) is 94.0 Å². The van der Waals surface area contributed by atoms with Crippen molar-refractivity contribution in [2.75, 3.05) is 25.5 Å². The number of carbonyl (C=O) groups excluding carboxylic acids is 2. The van der Waals surface area contributed by atoms with Gasteiger partial charge in [-0.15, -0.1) is 0 Å². The molecule has 1 N–H and O–H groups in total. The molecule has 3 aliphatic heterocycles. The number of hydrogen-bond donors (Lipinski definition) is 1. The Morgan fingerprint density at radius 1 is 1.00 bits per heavy atom. The molecule has 160 valence electrons. The maximum absolute atomic E-state index is 14.5. The number of Topliss-reactive ketones (excluding diaryl/α,β-unsaturated/α-hetero) is 1. The van der Waals surface area contributed by atoms with Crippen molar-refractivity contribution in [3.63, 3.8) is 0 Å². The predicted octanol–water partition coefficient (Wildman–Crippen LogP) is 4.59. The van der Waals surface area contributed by atoms with Crippen LogP contribution in [0.5, 0.6) is 5.75 Å². The van der Waals surface area contributed by atoms with E-state index in [1.807, 2.05) is 78.7 Å². The van der Waals surface area contributed by atoms with Crippen molar-refractivity contribution in [1.82, 2.24) is 4.90 Å². The standard InChI is InChI=1S/C26H21BrN2O3/c1-29-14-19(16-8-2-5-11-20(16)27)25(15-32-22-13-7-3-9-17(22)23(25)30)26(29)18-10-4-6-12-21(18)28-24(26)31/h2-13,19H,14-15H2,1H3,(H,28,31). The van der Waals surface area contributed by atoms with Crippen LogP contribution in [0.2, 0.25) is 0 Å². The molecule has 0 radical (unpaired) electrons. The fraction of sp³-hybridized carbons (Fsp3) is 0.231. The Kier molecular flexibility index (Phi) is 4.17. The highest BCUT2D eigenvalue weighted by molar-refractivity contribution is 9.10. The van der Waals surface area contributed by atoms with Crippen LogP contribution in [0.1, 0.15) is 27.4 Å². The number of fused-ring (bicyclic) bond motifs is 4. The maximum atomic E-state index is 14.5. The minimum atomic E-state index is -1.17. The number of carbonyl (C=O) groups is 2. The number of nitrogens with zero attached hydrogens (tertiary/aromatic N) is 1. The van der Waals surface area contributed by atoms with Crippen LogP contribution in [-0.4, -0.2) is 36.8 Å². The molecule has 5 nitrogen and oxygen atoms in total. The minimum absolute atomic E-state index is 0.0451. The Balaban J connectivity index is 1.69. The quantitative estimate of drug-likeness (QED) is 0.544. The van der Waals surface area contributed by atoms with Gasteiger partial charge in [0.15, 0.2) is 5.78 Å². The first-order valence-electron chi connectivity index (χ1n) is 10.6. The number of rotatable bonds is 1. The van der Waals surface area contributed by atoms with Crippen molar-refractivity contribution in [3.8, 4) is 5.75 Å². The van der Waals surface area contributed by atoms with Crippen LogP contribution in [0.3, 0.4) is 0 Å². The van der Waals surface area contributed by atoms with Crippen LogP contribution in [0.25, 0.3) is 0 Å². The summed E-state index contributed by atoms with van der Waals surface area (Å²) >= 11 is 3.70. The van der Waals surface area contributed by atoms with E-state index in [0.717, 1.165) is 21.3 Å². The van der Waals surface area contributed by atoms with Gasteiger partial charge in [0.1, 0.15) is 23.3 Å². The Bertz CT molecular complexity index is 1290. The van der Waals surface area contributed by atoms with Gasteiger partial charge in [-0.1, -0.05) is 64.5 Å². The van der Waals surface area contributed by atoms with Crippen LogP contribution in [-0.2, 0) is 10.3 Å². The lowest BCUT2D eigenvalue weighted by molar-refractivity contribution is -0.131. The monoisotopic (exact) mass is 488 g/mol. The van der Waals surface area contributed by atoms with Gasteiger partial charge in [-0.05, 0) is 36.9 Å². The molecular weight excluding hydrogens is 468 g/mol. The predicted molar refractivity (Wildman–Crippen MR) is 125 cm³/mol. The molecular formula is C26H21BrN2O3. The van der Waals surface area contributed by atoms with Crippen molar-refractivity contribution in [2.24, 2.45) is 5.41 Å². The maximum Gasteiger partial charge on any atom is 0.250 e. The highest BCUT2D eigenvalue weighted by Gasteiger charge is 2.75. The van der Waals surface area contributed by atoms with Gasteiger partial charge in [-0.25, -0.2) is 0 Å². The molecule has 3 atom stereocenters. The highest BCUT2D eigenvalue weighted by atomic mass is 79.9. The number of hydrogen-bond acceptors (Lipinski definition) is 4. The summed E-state index contributed by atoms with van der Waals surface area (Å²) in [4.78, 5) is 30.4. The summed E-state index contributed by atoms with van der Waals surface area (Å²) < 4.78 is 7.20. The number of ketones is 1. The Labute approximate surface area is 194 Å². The molecule has 6 rings (SSSR count). The summed E-state index contributed by atoms with van der Waals surface area (Å²) in [6.07, 6.45) is 0. The molecule has 1 saturated heterocycles. The van der Waals surface area contributed by atoms with Gasteiger partial charge in [0.25, 0.3) is 5.91 Å². The number of nitrogens with one attached hydrogen (secondary N) is 1. The van der Waals surface area contributed by atoms with E-state index < -0.39 is 11.0 Å². The van der Waals surface area contributed by atoms with Gasteiger partial charge < -0.3 is 10.1 Å². The molecule has 3 aromatic rings. The smallest absolute Gasteiger partial charge is 0.250 e. The third-order valence-electron chi connectivity index (χ3n) is 7.44. The van der Waals surface area contributed by atoms with Gasteiger partial charge in [0.05, 0.1) is 5.56 Å². The number of para-hydroxylation sites is 2. The molecule has 6 heteroatoms. The van der Waals surface area contributed by atoms with E-state index in [0.29, 0.717) is 17.9 Å². The molecule has 3 unspecified atom stereocenters. The molecule has 0 aliphatic carbocycles. The molecule has 3 aromatic carbocycles. The fourth-order valence-corrected chi connectivity index (χ4v) is 6.71. The van der Waals surface area contributed by atoms with Gasteiger partial charge in [-0.2, -0.15) is 0 Å². The lowest BCUT2D eigenvalue weighted by Gasteiger charge is -2.47. The third kappa shape index (κ3) is 2.21. The van der Waals surface area contributed by atoms with Crippen molar-refractivity contribution >= 4 is 33.3 Å². The van der Waals surface area contributed by atoms with E-state index in [1.165, 1.54) is 0 Å². The average Bonchev–Trinajstić information content (AvgIpc) is 3.25. The molecule has 32 heavy (non-hydrogen) atoms. The first-order chi connectivity index (χ1) is 15.5. The zero-order chi connectivity index (χ0) is 22.1. The van der Waals surface area contributed by atoms with E-state index in [4.69, 9.17) is 4.74 Å². The molecule has 0 aromatic heterocycles. The largest absolute Gasteiger partial charge is 0.492 e. The summed E-state index contributed by atoms with van der Waals surface area (Å²) in [5, 5.41) is 3.06. The van der Waals surface area contributed by atoms with Gasteiger partial charge in [0, 0.05) is 28.2 Å². The van der Waals surface area contributed by atoms with Crippen LogP contribution >= 0.6 is 15.9 Å². The van der Waals surface area contributed by atoms with Gasteiger partial charge in [-0.3, -0.25) is 14.5 Å². The molecule has 2 spiro atoms. The lowest BCUT2D eigenvalue weighted by Crippen LogP contribution is -2.62. The topological polar surface area (TPSA) is 58.6 Å². The van der Waals surface area contributed by atoms with Crippen molar-refractivity contribution in [1.29, 1.82) is 0 Å². The highest BCUT2D eigenvalue weighted by Crippen LogP contribution is 2.64. The van der Waals surface area contributed by atoms with Gasteiger partial charge >= 0.3 is 0 Å². The lowest BCUT2D eigenvalue weighted by atomic mass is 9.57. The first-order valence-corrected chi connectivity index (χ1v) is 11.4. The van der Waals surface area contributed by atoms with Crippen LogP contribution in [0, 0.1) is 5.41 Å². The third-order valence-corrected chi connectivity index (χ3v) is 8.16. The molecule has 1 fully saturated rings. The van der Waals surface area contributed by atoms with E-state index >= 15 is 0 Å². The van der Waals surface area contributed by atoms with Crippen LogP contribution in [0.4, 0.5) is 5.69 Å². The first kappa shape index (κ1) is 19.7. The summed E-state index contributed by atoms with van der Waals surface area (Å²) in [7, 11) is 1.94. The van der Waals surface area contributed by atoms with Crippen LogP contribution < -0.4 is 10.1 Å². The summed E-state index contributed by atoms with van der Waals surface area (Å²) in [5.41, 5.74) is 0.819. The average molecular weight is 489 g/mol. The molecule has 1 amide bonds. The molecule has 3 aliphatic rings. The number of halogens is 1. The minimum Gasteiger partial charge on any atom is -0.492 e. The Hall–Kier alpha value is -2.96. The van der Waals surface area contributed by atoms with E-state index in [1.54, 1.807) is 6.07 Å². The summed E-state index contributed by atoms with van der Waals surface area (Å²) in [6, 6.07) is 23.0. The number of amides is 1. The van der Waals surface area contributed by atoms with Crippen molar-refractivity contribution < 1.29 is 14.3 Å². The number of likely N-dealkylation sites (tertiary alicyclic amines) is 1. The second-order valence-corrected chi connectivity index (χ2v) is 9.60. The van der Waals surface area contributed by atoms with E-state index in [-0.39, 0.29) is 24.2 Å². The summed E-state index contributed by atoms with van der Waals surface area (Å²) in [5.74, 6) is 0.106.